The summed E-state index contributed by atoms with van der Waals surface area (Å²) in [5.41, 5.74) is 7.10. The van der Waals surface area contributed by atoms with Crippen LogP contribution in [0.1, 0.15) is 13.3 Å². The van der Waals surface area contributed by atoms with Gasteiger partial charge in [0.25, 0.3) is 0 Å². The minimum Gasteiger partial charge on any atom is -0.397 e. The lowest BCUT2D eigenvalue weighted by molar-refractivity contribution is 0.289. The van der Waals surface area contributed by atoms with Gasteiger partial charge in [-0.15, -0.1) is 0 Å². The summed E-state index contributed by atoms with van der Waals surface area (Å²) in [4.78, 5) is 2.13. The van der Waals surface area contributed by atoms with Gasteiger partial charge in [-0.25, -0.2) is 13.1 Å². The molecule has 0 aromatic heterocycles. The first-order valence-electron chi connectivity index (χ1n) is 6.15. The first-order chi connectivity index (χ1) is 8.96. The van der Waals surface area contributed by atoms with Crippen molar-refractivity contribution in [2.24, 2.45) is 0 Å². The van der Waals surface area contributed by atoms with Crippen LogP contribution in [0.2, 0.25) is 0 Å². The van der Waals surface area contributed by atoms with Crippen molar-refractivity contribution < 1.29 is 13.5 Å². The highest BCUT2D eigenvalue weighted by Crippen LogP contribution is 2.26. The van der Waals surface area contributed by atoms with E-state index in [4.69, 9.17) is 10.8 Å². The van der Waals surface area contributed by atoms with Gasteiger partial charge in [-0.3, -0.25) is 0 Å². The molecule has 6 nitrogen and oxygen atoms in total. The summed E-state index contributed by atoms with van der Waals surface area (Å²) in [7, 11) is -2.11. The fourth-order valence-corrected chi connectivity index (χ4v) is 2.54. The minimum atomic E-state index is -3.48. The Morgan fingerprint density at radius 3 is 2.63 bits per heavy atom. The molecule has 0 aliphatic rings. The molecule has 0 aliphatic carbocycles. The molecule has 0 amide bonds. The van der Waals surface area contributed by atoms with Crippen LogP contribution < -0.4 is 15.4 Å². The van der Waals surface area contributed by atoms with E-state index in [1.165, 1.54) is 13.1 Å². The number of nitrogens with one attached hydrogen (secondary N) is 1. The van der Waals surface area contributed by atoms with Gasteiger partial charge in [-0.1, -0.05) is 0 Å². The maximum Gasteiger partial charge on any atom is 0.240 e. The molecule has 0 radical (unpaired) electrons. The van der Waals surface area contributed by atoms with E-state index in [-0.39, 0.29) is 11.5 Å². The van der Waals surface area contributed by atoms with Crippen molar-refractivity contribution in [1.82, 2.24) is 4.72 Å². The minimum absolute atomic E-state index is 0.0882. The Morgan fingerprint density at radius 2 is 2.11 bits per heavy atom. The molecule has 1 aromatic rings. The molecule has 4 N–H and O–H groups in total. The van der Waals surface area contributed by atoms with Crippen molar-refractivity contribution in [3.8, 4) is 0 Å². The number of aliphatic hydroxyl groups excluding tert-OH is 1. The van der Waals surface area contributed by atoms with Gasteiger partial charge in [0.15, 0.2) is 0 Å². The number of hydrogen-bond donors (Lipinski definition) is 3. The largest absolute Gasteiger partial charge is 0.397 e. The van der Waals surface area contributed by atoms with E-state index in [1.807, 2.05) is 11.8 Å². The van der Waals surface area contributed by atoms with Crippen LogP contribution in [-0.2, 0) is 10.0 Å². The highest BCUT2D eigenvalue weighted by atomic mass is 32.2. The predicted octanol–water partition coefficient (Wildman–Crippen LogP) is 0.386. The average molecular weight is 287 g/mol. The van der Waals surface area contributed by atoms with Gasteiger partial charge < -0.3 is 15.7 Å². The summed E-state index contributed by atoms with van der Waals surface area (Å²) < 4.78 is 25.8. The Hall–Kier alpha value is -1.31. The normalized spacial score (nSPS) is 11.5. The smallest absolute Gasteiger partial charge is 0.240 e. The molecular formula is C12H21N3O3S. The highest BCUT2D eigenvalue weighted by Gasteiger charge is 2.15. The third-order valence-electron chi connectivity index (χ3n) is 2.89. The van der Waals surface area contributed by atoms with Crippen LogP contribution in [0, 0.1) is 0 Å². The maximum atomic E-state index is 11.8. The third-order valence-corrected chi connectivity index (χ3v) is 4.30. The number of aliphatic hydroxyl groups is 1. The van der Waals surface area contributed by atoms with Crippen molar-refractivity contribution in [3.05, 3.63) is 18.2 Å². The van der Waals surface area contributed by atoms with E-state index >= 15 is 0 Å². The van der Waals surface area contributed by atoms with Crippen LogP contribution >= 0.6 is 0 Å². The fourth-order valence-electron chi connectivity index (χ4n) is 1.79. The standard InChI is InChI=1S/C12H21N3O3S/c1-3-15(7-4-8-16)12-9-10(5-6-11(12)13)19(17,18)14-2/h5-6,9,14,16H,3-4,7-8,13H2,1-2H3. The molecule has 108 valence electrons. The Balaban J connectivity index is 3.15. The lowest BCUT2D eigenvalue weighted by Crippen LogP contribution is -2.26. The van der Waals surface area contributed by atoms with E-state index in [0.29, 0.717) is 30.9 Å². The van der Waals surface area contributed by atoms with Crippen molar-refractivity contribution in [1.29, 1.82) is 0 Å². The second-order valence-electron chi connectivity index (χ2n) is 4.09. The molecule has 0 bridgehead atoms. The van der Waals surface area contributed by atoms with Crippen LogP contribution in [0.3, 0.4) is 0 Å². The van der Waals surface area contributed by atoms with Crippen molar-refractivity contribution >= 4 is 21.4 Å². The summed E-state index contributed by atoms with van der Waals surface area (Å²) >= 11 is 0. The van der Waals surface area contributed by atoms with Gasteiger partial charge in [0, 0.05) is 19.7 Å². The molecule has 0 spiro atoms. The lowest BCUT2D eigenvalue weighted by atomic mass is 10.2. The Bertz CT molecular complexity index is 517. The zero-order chi connectivity index (χ0) is 14.5. The second kappa shape index (κ2) is 6.74. The number of hydrogen-bond acceptors (Lipinski definition) is 5. The predicted molar refractivity (Wildman–Crippen MR) is 76.7 cm³/mol. The fraction of sp³-hybridized carbons (Fsp3) is 0.500. The van der Waals surface area contributed by atoms with Gasteiger partial charge in [0.1, 0.15) is 0 Å². The zero-order valence-electron chi connectivity index (χ0n) is 11.3. The van der Waals surface area contributed by atoms with E-state index in [2.05, 4.69) is 4.72 Å². The summed E-state index contributed by atoms with van der Waals surface area (Å²) in [5, 5.41) is 8.88. The molecule has 0 fully saturated rings. The molecule has 1 rings (SSSR count). The van der Waals surface area contributed by atoms with E-state index in [1.54, 1.807) is 12.1 Å². The average Bonchev–Trinajstić information content (AvgIpc) is 2.41. The van der Waals surface area contributed by atoms with Crippen LogP contribution in [0.5, 0.6) is 0 Å². The molecule has 0 unspecified atom stereocenters. The first kappa shape index (κ1) is 15.7. The van der Waals surface area contributed by atoms with Crippen molar-refractivity contribution in [2.45, 2.75) is 18.2 Å². The Kier molecular flexibility index (Phi) is 5.59. The number of anilines is 2. The molecule has 0 aliphatic heterocycles. The summed E-state index contributed by atoms with van der Waals surface area (Å²) in [6, 6.07) is 4.62. The summed E-state index contributed by atoms with van der Waals surface area (Å²) in [6.45, 7) is 3.36. The first-order valence-corrected chi connectivity index (χ1v) is 7.63. The van der Waals surface area contributed by atoms with Crippen LogP contribution in [0.15, 0.2) is 23.1 Å². The molecule has 19 heavy (non-hydrogen) atoms. The Morgan fingerprint density at radius 1 is 1.42 bits per heavy atom. The van der Waals surface area contributed by atoms with Gasteiger partial charge in [-0.2, -0.15) is 0 Å². The molecule has 1 aromatic carbocycles. The van der Waals surface area contributed by atoms with E-state index in [9.17, 15) is 8.42 Å². The summed E-state index contributed by atoms with van der Waals surface area (Å²) in [6.07, 6.45) is 0.607. The number of nitrogens with two attached hydrogens (primary N) is 1. The monoisotopic (exact) mass is 287 g/mol. The van der Waals surface area contributed by atoms with Gasteiger partial charge in [-0.05, 0) is 38.6 Å². The topological polar surface area (TPSA) is 95.7 Å². The molecule has 0 atom stereocenters. The number of nitrogens with zero attached hydrogens (tertiary/aromatic N) is 1. The third kappa shape index (κ3) is 3.82. The van der Waals surface area contributed by atoms with E-state index < -0.39 is 10.0 Å². The molecule has 0 saturated heterocycles. The number of rotatable bonds is 7. The van der Waals surface area contributed by atoms with Crippen LogP contribution in [0.4, 0.5) is 11.4 Å². The Labute approximate surface area is 114 Å². The van der Waals surface area contributed by atoms with Gasteiger partial charge in [0.2, 0.25) is 10.0 Å². The van der Waals surface area contributed by atoms with Crippen molar-refractivity contribution in [3.63, 3.8) is 0 Å². The summed E-state index contributed by atoms with van der Waals surface area (Å²) in [5.74, 6) is 0. The van der Waals surface area contributed by atoms with Crippen molar-refractivity contribution in [2.75, 3.05) is 37.4 Å². The van der Waals surface area contributed by atoms with Crippen LogP contribution in [-0.4, -0.2) is 40.3 Å². The quantitative estimate of drug-likeness (QED) is 0.630. The number of nitrogen functional groups attached to an aromatic ring is 1. The molecule has 0 saturated carbocycles. The van der Waals surface area contributed by atoms with Gasteiger partial charge in [0.05, 0.1) is 16.3 Å². The second-order valence-corrected chi connectivity index (χ2v) is 5.97. The molecule has 0 heterocycles. The number of benzene rings is 1. The number of sulfonamides is 1. The SMILES string of the molecule is CCN(CCCO)c1cc(S(=O)(=O)NC)ccc1N. The molecule has 7 heteroatoms. The molecular weight excluding hydrogens is 266 g/mol. The van der Waals surface area contributed by atoms with Crippen LogP contribution in [0.25, 0.3) is 0 Å². The highest BCUT2D eigenvalue weighted by molar-refractivity contribution is 7.89. The maximum absolute atomic E-state index is 11.8. The van der Waals surface area contributed by atoms with E-state index in [0.717, 1.165) is 0 Å². The zero-order valence-corrected chi connectivity index (χ0v) is 12.1. The van der Waals surface area contributed by atoms with Gasteiger partial charge >= 0.3 is 0 Å². The lowest BCUT2D eigenvalue weighted by Gasteiger charge is -2.24.